The maximum absolute atomic E-state index is 12.4. The number of benzene rings is 2. The monoisotopic (exact) mass is 410 g/mol. The van der Waals surface area contributed by atoms with Gasteiger partial charge in [0.2, 0.25) is 5.91 Å². The number of hydrogen-bond acceptors (Lipinski definition) is 5. The zero-order chi connectivity index (χ0) is 20.6. The topological polar surface area (TPSA) is 69.0 Å². The van der Waals surface area contributed by atoms with Gasteiger partial charge in [0.05, 0.1) is 18.4 Å². The Balaban J connectivity index is 1.56. The molecular formula is C22H26N4O2S. The summed E-state index contributed by atoms with van der Waals surface area (Å²) in [7, 11) is 0. The van der Waals surface area contributed by atoms with Crippen LogP contribution < -0.4 is 10.1 Å². The lowest BCUT2D eigenvalue weighted by Crippen LogP contribution is -2.25. The molecule has 0 aliphatic carbocycles. The van der Waals surface area contributed by atoms with Gasteiger partial charge in [-0.25, -0.2) is 0 Å². The van der Waals surface area contributed by atoms with Crippen LogP contribution in [0.1, 0.15) is 30.8 Å². The minimum absolute atomic E-state index is 0.0544. The molecule has 3 aromatic rings. The van der Waals surface area contributed by atoms with Gasteiger partial charge in [-0.05, 0) is 32.4 Å². The van der Waals surface area contributed by atoms with E-state index in [1.165, 1.54) is 17.3 Å². The molecule has 0 bridgehead atoms. The molecule has 0 fully saturated rings. The van der Waals surface area contributed by atoms with Gasteiger partial charge in [0, 0.05) is 12.1 Å². The van der Waals surface area contributed by atoms with Crippen LogP contribution in [0.25, 0.3) is 0 Å². The maximum Gasteiger partial charge on any atom is 0.230 e. The van der Waals surface area contributed by atoms with Crippen LogP contribution in [0.2, 0.25) is 0 Å². The minimum Gasteiger partial charge on any atom is -0.491 e. The van der Waals surface area contributed by atoms with E-state index in [1.54, 1.807) is 0 Å². The van der Waals surface area contributed by atoms with Gasteiger partial charge >= 0.3 is 0 Å². The molecule has 0 saturated carbocycles. The first-order chi connectivity index (χ1) is 14.0. The molecular weight excluding hydrogens is 384 g/mol. The van der Waals surface area contributed by atoms with E-state index in [9.17, 15) is 4.79 Å². The third-order valence-corrected chi connectivity index (χ3v) is 5.20. The first-order valence-corrected chi connectivity index (χ1v) is 10.6. The highest BCUT2D eigenvalue weighted by Crippen LogP contribution is 2.20. The largest absolute Gasteiger partial charge is 0.491 e. The van der Waals surface area contributed by atoms with Crippen molar-refractivity contribution in [2.45, 2.75) is 45.1 Å². The summed E-state index contributed by atoms with van der Waals surface area (Å²) < 4.78 is 7.83. The van der Waals surface area contributed by atoms with Crippen LogP contribution in [-0.4, -0.2) is 32.5 Å². The number of thioether (sulfide) groups is 1. The Bertz CT molecular complexity index is 941. The Morgan fingerprint density at radius 1 is 1.10 bits per heavy atom. The summed E-state index contributed by atoms with van der Waals surface area (Å²) in [6.07, 6.45) is 0.0848. The van der Waals surface area contributed by atoms with Crippen LogP contribution >= 0.6 is 11.8 Å². The summed E-state index contributed by atoms with van der Waals surface area (Å²) in [5.74, 6) is 1.85. The number of aromatic nitrogens is 3. The Hall–Kier alpha value is -2.80. The molecule has 0 atom stereocenters. The standard InChI is InChI=1S/C22H26N4O2S/c1-16(2)28-20-12-8-7-11-19(20)13-23-21(27)15-29-22-25-24-17(3)26(22)14-18-9-5-4-6-10-18/h4-12,16H,13-15H2,1-3H3,(H,23,27). The van der Waals surface area contributed by atoms with Gasteiger partial charge in [0.1, 0.15) is 11.6 Å². The fraction of sp³-hybridized carbons (Fsp3) is 0.318. The van der Waals surface area contributed by atoms with Gasteiger partial charge in [-0.1, -0.05) is 60.3 Å². The summed E-state index contributed by atoms with van der Waals surface area (Å²) in [6.45, 7) is 7.01. The number of carbonyl (C=O) groups is 1. The molecule has 7 heteroatoms. The van der Waals surface area contributed by atoms with Gasteiger partial charge in [-0.2, -0.15) is 0 Å². The molecule has 2 aromatic carbocycles. The number of hydrogen-bond donors (Lipinski definition) is 1. The van der Waals surface area contributed by atoms with E-state index in [-0.39, 0.29) is 17.8 Å². The van der Waals surface area contributed by atoms with Crippen molar-refractivity contribution in [3.05, 3.63) is 71.5 Å². The molecule has 0 aliphatic heterocycles. The van der Waals surface area contributed by atoms with Crippen molar-refractivity contribution in [2.24, 2.45) is 0 Å². The third-order valence-electron chi connectivity index (χ3n) is 4.23. The highest BCUT2D eigenvalue weighted by Gasteiger charge is 2.13. The van der Waals surface area contributed by atoms with E-state index >= 15 is 0 Å². The second kappa shape index (κ2) is 10.1. The van der Waals surface area contributed by atoms with Crippen molar-refractivity contribution in [3.63, 3.8) is 0 Å². The quantitative estimate of drug-likeness (QED) is 0.543. The van der Waals surface area contributed by atoms with E-state index in [2.05, 4.69) is 27.6 Å². The summed E-state index contributed by atoms with van der Waals surface area (Å²) in [4.78, 5) is 12.4. The molecule has 1 aromatic heterocycles. The van der Waals surface area contributed by atoms with E-state index < -0.39 is 0 Å². The molecule has 1 amide bonds. The van der Waals surface area contributed by atoms with Crippen molar-refractivity contribution in [1.82, 2.24) is 20.1 Å². The van der Waals surface area contributed by atoms with Gasteiger partial charge in [-0.15, -0.1) is 10.2 Å². The zero-order valence-corrected chi connectivity index (χ0v) is 17.8. The number of nitrogens with zero attached hydrogens (tertiary/aromatic N) is 3. The lowest BCUT2D eigenvalue weighted by atomic mass is 10.2. The second-order valence-electron chi connectivity index (χ2n) is 6.94. The Morgan fingerprint density at radius 3 is 2.59 bits per heavy atom. The average Bonchev–Trinajstić information content (AvgIpc) is 3.05. The molecule has 0 unspecified atom stereocenters. The third kappa shape index (κ3) is 6.09. The summed E-state index contributed by atoms with van der Waals surface area (Å²) >= 11 is 1.39. The smallest absolute Gasteiger partial charge is 0.230 e. The molecule has 1 heterocycles. The molecule has 3 rings (SSSR count). The number of aryl methyl sites for hydroxylation is 1. The van der Waals surface area contributed by atoms with E-state index in [4.69, 9.17) is 4.74 Å². The number of carbonyl (C=O) groups excluding carboxylic acids is 1. The lowest BCUT2D eigenvalue weighted by molar-refractivity contribution is -0.118. The predicted octanol–water partition coefficient (Wildman–Crippen LogP) is 3.83. The van der Waals surface area contributed by atoms with Gasteiger partial charge < -0.3 is 14.6 Å². The molecule has 0 spiro atoms. The highest BCUT2D eigenvalue weighted by atomic mass is 32.2. The number of nitrogens with one attached hydrogen (secondary N) is 1. The van der Waals surface area contributed by atoms with Crippen molar-refractivity contribution >= 4 is 17.7 Å². The number of ether oxygens (including phenoxy) is 1. The molecule has 6 nitrogen and oxygen atoms in total. The Kier molecular flexibility index (Phi) is 7.30. The second-order valence-corrected chi connectivity index (χ2v) is 7.88. The molecule has 0 aliphatic rings. The molecule has 1 N–H and O–H groups in total. The minimum atomic E-state index is -0.0544. The van der Waals surface area contributed by atoms with E-state index in [0.29, 0.717) is 13.1 Å². The van der Waals surface area contributed by atoms with E-state index in [1.807, 2.05) is 67.8 Å². The van der Waals surface area contributed by atoms with E-state index in [0.717, 1.165) is 22.3 Å². The molecule has 0 radical (unpaired) electrons. The lowest BCUT2D eigenvalue weighted by Gasteiger charge is -2.14. The number of amides is 1. The zero-order valence-electron chi connectivity index (χ0n) is 17.0. The summed E-state index contributed by atoms with van der Waals surface area (Å²) in [5.41, 5.74) is 2.13. The Morgan fingerprint density at radius 2 is 1.83 bits per heavy atom. The van der Waals surface area contributed by atoms with Crippen LogP contribution in [0.15, 0.2) is 59.8 Å². The van der Waals surface area contributed by atoms with Crippen LogP contribution in [-0.2, 0) is 17.9 Å². The fourth-order valence-corrected chi connectivity index (χ4v) is 3.62. The molecule has 29 heavy (non-hydrogen) atoms. The van der Waals surface area contributed by atoms with Crippen molar-refractivity contribution < 1.29 is 9.53 Å². The van der Waals surface area contributed by atoms with Gasteiger partial charge in [0.25, 0.3) is 0 Å². The number of rotatable bonds is 9. The predicted molar refractivity (Wildman–Crippen MR) is 115 cm³/mol. The average molecular weight is 411 g/mol. The highest BCUT2D eigenvalue weighted by molar-refractivity contribution is 7.99. The van der Waals surface area contributed by atoms with Crippen molar-refractivity contribution in [1.29, 1.82) is 0 Å². The van der Waals surface area contributed by atoms with Crippen LogP contribution in [0.3, 0.4) is 0 Å². The molecule has 0 saturated heterocycles. The SMILES string of the molecule is Cc1nnc(SCC(=O)NCc2ccccc2OC(C)C)n1Cc1ccccc1. The maximum atomic E-state index is 12.4. The first-order valence-electron chi connectivity index (χ1n) is 9.60. The van der Waals surface area contributed by atoms with Crippen molar-refractivity contribution in [3.8, 4) is 5.75 Å². The first kappa shape index (κ1) is 20.9. The van der Waals surface area contributed by atoms with Gasteiger partial charge in [-0.3, -0.25) is 4.79 Å². The number of para-hydroxylation sites is 1. The van der Waals surface area contributed by atoms with Crippen molar-refractivity contribution in [2.75, 3.05) is 5.75 Å². The Labute approximate surface area is 175 Å². The fourth-order valence-electron chi connectivity index (χ4n) is 2.81. The molecule has 152 valence electrons. The van der Waals surface area contributed by atoms with Crippen LogP contribution in [0, 0.1) is 6.92 Å². The normalized spacial score (nSPS) is 10.9. The van der Waals surface area contributed by atoms with Gasteiger partial charge in [0.15, 0.2) is 5.16 Å². The van der Waals surface area contributed by atoms with Crippen LogP contribution in [0.4, 0.5) is 0 Å². The summed E-state index contributed by atoms with van der Waals surface area (Å²) in [6, 6.07) is 17.9. The summed E-state index contributed by atoms with van der Waals surface area (Å²) in [5, 5.41) is 12.1. The van der Waals surface area contributed by atoms with Crippen LogP contribution in [0.5, 0.6) is 5.75 Å².